The van der Waals surface area contributed by atoms with Crippen LogP contribution in [-0.4, -0.2) is 31.5 Å². The van der Waals surface area contributed by atoms with Gasteiger partial charge in [0.25, 0.3) is 0 Å². The number of pyridine rings is 1. The molecule has 15 heavy (non-hydrogen) atoms. The number of amides is 1. The van der Waals surface area contributed by atoms with Crippen LogP contribution in [0.15, 0.2) is 18.3 Å². The zero-order valence-electron chi connectivity index (χ0n) is 9.03. The smallest absolute Gasteiger partial charge is 0.220 e. The Kier molecular flexibility index (Phi) is 2.58. The van der Waals surface area contributed by atoms with E-state index in [0.29, 0.717) is 6.42 Å². The SMILES string of the molecule is CN(C)c1ncccc1C1CNC(=O)C1. The van der Waals surface area contributed by atoms with Gasteiger partial charge in [-0.1, -0.05) is 6.07 Å². The van der Waals surface area contributed by atoms with E-state index in [1.807, 2.05) is 31.1 Å². The number of aromatic nitrogens is 1. The fourth-order valence-electron chi connectivity index (χ4n) is 1.93. The molecule has 1 unspecified atom stereocenters. The van der Waals surface area contributed by atoms with Crippen LogP contribution in [0.5, 0.6) is 0 Å². The van der Waals surface area contributed by atoms with Crippen LogP contribution in [0.4, 0.5) is 5.82 Å². The fourth-order valence-corrected chi connectivity index (χ4v) is 1.93. The fraction of sp³-hybridized carbons (Fsp3) is 0.455. The lowest BCUT2D eigenvalue weighted by Gasteiger charge is -2.18. The normalized spacial score (nSPS) is 20.1. The lowest BCUT2D eigenvalue weighted by Crippen LogP contribution is -2.16. The van der Waals surface area contributed by atoms with E-state index in [1.165, 1.54) is 0 Å². The monoisotopic (exact) mass is 205 g/mol. The summed E-state index contributed by atoms with van der Waals surface area (Å²) in [5, 5.41) is 2.85. The number of hydrogen-bond acceptors (Lipinski definition) is 3. The topological polar surface area (TPSA) is 45.2 Å². The van der Waals surface area contributed by atoms with E-state index >= 15 is 0 Å². The average molecular weight is 205 g/mol. The van der Waals surface area contributed by atoms with Crippen LogP contribution in [0.25, 0.3) is 0 Å². The van der Waals surface area contributed by atoms with Crippen molar-refractivity contribution in [1.29, 1.82) is 0 Å². The summed E-state index contributed by atoms with van der Waals surface area (Å²) in [6.45, 7) is 0.728. The highest BCUT2D eigenvalue weighted by atomic mass is 16.1. The van der Waals surface area contributed by atoms with Gasteiger partial charge >= 0.3 is 0 Å². The summed E-state index contributed by atoms with van der Waals surface area (Å²) >= 11 is 0. The van der Waals surface area contributed by atoms with E-state index in [0.717, 1.165) is 17.9 Å². The maximum Gasteiger partial charge on any atom is 0.220 e. The Hall–Kier alpha value is -1.58. The van der Waals surface area contributed by atoms with Gasteiger partial charge in [-0.25, -0.2) is 4.98 Å². The van der Waals surface area contributed by atoms with Crippen LogP contribution < -0.4 is 10.2 Å². The molecule has 80 valence electrons. The number of rotatable bonds is 2. The van der Waals surface area contributed by atoms with Crippen LogP contribution >= 0.6 is 0 Å². The lowest BCUT2D eigenvalue weighted by atomic mass is 9.99. The number of anilines is 1. The van der Waals surface area contributed by atoms with Gasteiger partial charge in [0.15, 0.2) is 0 Å². The summed E-state index contributed by atoms with van der Waals surface area (Å²) in [7, 11) is 3.94. The Balaban J connectivity index is 2.31. The second-order valence-electron chi connectivity index (χ2n) is 4.02. The molecule has 2 rings (SSSR count). The van der Waals surface area contributed by atoms with Crippen LogP contribution in [-0.2, 0) is 4.79 Å². The summed E-state index contributed by atoms with van der Waals surface area (Å²) in [5.74, 6) is 1.36. The van der Waals surface area contributed by atoms with Crippen molar-refractivity contribution in [1.82, 2.24) is 10.3 Å². The van der Waals surface area contributed by atoms with Gasteiger partial charge in [0, 0.05) is 44.7 Å². The van der Waals surface area contributed by atoms with Gasteiger partial charge in [-0.3, -0.25) is 4.79 Å². The molecule has 1 aliphatic rings. The first-order chi connectivity index (χ1) is 7.18. The van der Waals surface area contributed by atoms with Gasteiger partial charge < -0.3 is 10.2 Å². The van der Waals surface area contributed by atoms with Crippen LogP contribution in [0.1, 0.15) is 17.9 Å². The van der Waals surface area contributed by atoms with E-state index in [2.05, 4.69) is 10.3 Å². The van der Waals surface area contributed by atoms with Crippen molar-refractivity contribution in [3.8, 4) is 0 Å². The first kappa shape index (κ1) is 9.96. The van der Waals surface area contributed by atoms with Gasteiger partial charge in [-0.15, -0.1) is 0 Å². The minimum Gasteiger partial charge on any atom is -0.363 e. The molecule has 0 aromatic carbocycles. The first-order valence-corrected chi connectivity index (χ1v) is 5.07. The Bertz CT molecular complexity index is 376. The Morgan fingerprint density at radius 3 is 2.93 bits per heavy atom. The molecule has 1 N–H and O–H groups in total. The lowest BCUT2D eigenvalue weighted by molar-refractivity contribution is -0.119. The van der Waals surface area contributed by atoms with Gasteiger partial charge in [0.2, 0.25) is 5.91 Å². The summed E-state index contributed by atoms with van der Waals surface area (Å²) < 4.78 is 0. The van der Waals surface area contributed by atoms with Crippen molar-refractivity contribution >= 4 is 11.7 Å². The van der Waals surface area contributed by atoms with E-state index in [4.69, 9.17) is 0 Å². The van der Waals surface area contributed by atoms with Crippen molar-refractivity contribution in [2.24, 2.45) is 0 Å². The van der Waals surface area contributed by atoms with Crippen molar-refractivity contribution in [3.63, 3.8) is 0 Å². The molecule has 1 aromatic rings. The molecule has 4 heteroatoms. The molecule has 1 fully saturated rings. The molecule has 4 nitrogen and oxygen atoms in total. The Morgan fingerprint density at radius 1 is 1.53 bits per heavy atom. The third-order valence-corrected chi connectivity index (χ3v) is 2.66. The molecule has 2 heterocycles. The largest absolute Gasteiger partial charge is 0.363 e. The van der Waals surface area contributed by atoms with Crippen molar-refractivity contribution < 1.29 is 4.79 Å². The third kappa shape index (κ3) is 1.93. The molecule has 1 amide bonds. The molecule has 1 aliphatic heterocycles. The summed E-state index contributed by atoms with van der Waals surface area (Å²) in [6, 6.07) is 3.97. The maximum atomic E-state index is 11.2. The quantitative estimate of drug-likeness (QED) is 0.775. The van der Waals surface area contributed by atoms with Gasteiger partial charge in [0.05, 0.1) is 0 Å². The minimum absolute atomic E-state index is 0.133. The molecule has 0 spiro atoms. The highest BCUT2D eigenvalue weighted by Crippen LogP contribution is 2.28. The second kappa shape index (κ2) is 3.88. The summed E-state index contributed by atoms with van der Waals surface area (Å²) in [4.78, 5) is 17.5. The standard InChI is InChI=1S/C11H15N3O/c1-14(2)11-9(4-3-5-12-11)8-6-10(15)13-7-8/h3-5,8H,6-7H2,1-2H3,(H,13,15). The van der Waals surface area contributed by atoms with Gasteiger partial charge in [-0.05, 0) is 6.07 Å². The molecular formula is C11H15N3O. The third-order valence-electron chi connectivity index (χ3n) is 2.66. The van der Waals surface area contributed by atoms with E-state index in [-0.39, 0.29) is 11.8 Å². The molecule has 0 aliphatic carbocycles. The number of carbonyl (C=O) groups excluding carboxylic acids is 1. The van der Waals surface area contributed by atoms with Crippen molar-refractivity contribution in [2.45, 2.75) is 12.3 Å². The van der Waals surface area contributed by atoms with E-state index < -0.39 is 0 Å². The van der Waals surface area contributed by atoms with Crippen molar-refractivity contribution in [2.75, 3.05) is 25.5 Å². The van der Waals surface area contributed by atoms with Crippen LogP contribution in [0, 0.1) is 0 Å². The zero-order chi connectivity index (χ0) is 10.8. The number of nitrogens with one attached hydrogen (secondary N) is 1. The van der Waals surface area contributed by atoms with E-state index in [1.54, 1.807) is 6.20 Å². The van der Waals surface area contributed by atoms with Crippen LogP contribution in [0.2, 0.25) is 0 Å². The zero-order valence-corrected chi connectivity index (χ0v) is 9.03. The number of carbonyl (C=O) groups is 1. The summed E-state index contributed by atoms with van der Waals surface area (Å²) in [6.07, 6.45) is 2.36. The molecule has 1 atom stereocenters. The predicted molar refractivity (Wildman–Crippen MR) is 58.9 cm³/mol. The van der Waals surface area contributed by atoms with E-state index in [9.17, 15) is 4.79 Å². The summed E-state index contributed by atoms with van der Waals surface area (Å²) in [5.41, 5.74) is 1.15. The van der Waals surface area contributed by atoms with Crippen molar-refractivity contribution in [3.05, 3.63) is 23.9 Å². The van der Waals surface area contributed by atoms with Gasteiger partial charge in [-0.2, -0.15) is 0 Å². The second-order valence-corrected chi connectivity index (χ2v) is 4.02. The maximum absolute atomic E-state index is 11.2. The molecule has 0 saturated carbocycles. The minimum atomic E-state index is 0.133. The Labute approximate surface area is 89.3 Å². The molecule has 1 saturated heterocycles. The average Bonchev–Trinajstić information content (AvgIpc) is 2.65. The number of hydrogen-bond donors (Lipinski definition) is 1. The highest BCUT2D eigenvalue weighted by Gasteiger charge is 2.25. The molecule has 0 radical (unpaired) electrons. The van der Waals surface area contributed by atoms with Crippen LogP contribution in [0.3, 0.4) is 0 Å². The molecule has 1 aromatic heterocycles. The predicted octanol–water partition coefficient (Wildman–Crippen LogP) is 0.751. The number of nitrogens with zero attached hydrogens (tertiary/aromatic N) is 2. The van der Waals surface area contributed by atoms with Gasteiger partial charge in [0.1, 0.15) is 5.82 Å². The highest BCUT2D eigenvalue weighted by molar-refractivity contribution is 5.80. The Morgan fingerprint density at radius 2 is 2.33 bits per heavy atom. The molecule has 0 bridgehead atoms. The first-order valence-electron chi connectivity index (χ1n) is 5.07. The molecular weight excluding hydrogens is 190 g/mol.